The molecule has 2 heterocycles. The van der Waals surface area contributed by atoms with Crippen LogP contribution in [0.2, 0.25) is 0 Å². The van der Waals surface area contributed by atoms with E-state index >= 15 is 0 Å². The van der Waals surface area contributed by atoms with Crippen LogP contribution < -0.4 is 5.32 Å². The molecule has 0 aliphatic carbocycles. The van der Waals surface area contributed by atoms with Crippen LogP contribution in [0.15, 0.2) is 96.3 Å². The highest BCUT2D eigenvalue weighted by atomic mass is 32.2. The van der Waals surface area contributed by atoms with Gasteiger partial charge in [0.05, 0.1) is 5.69 Å². The summed E-state index contributed by atoms with van der Waals surface area (Å²) in [7, 11) is -3.94. The third-order valence-corrected chi connectivity index (χ3v) is 6.11. The average molecular weight is 407 g/mol. The number of halogens is 1. The number of benzene rings is 2. The standard InChI is InChI=1S/C22H18FN3O2S/c23-21-11-5-4-10-20(21)22-13-17(14-25-18-7-2-1-3-8-18)16-26(22)29(27,28)19-9-6-12-24-15-19/h1-13,15-16,25H,14H2. The van der Waals surface area contributed by atoms with Crippen molar-refractivity contribution in [2.24, 2.45) is 0 Å². The number of hydrogen-bond acceptors (Lipinski definition) is 4. The predicted molar refractivity (Wildman–Crippen MR) is 110 cm³/mol. The second kappa shape index (κ2) is 7.89. The molecule has 0 radical (unpaired) electrons. The molecule has 146 valence electrons. The quantitative estimate of drug-likeness (QED) is 0.510. The lowest BCUT2D eigenvalue weighted by Crippen LogP contribution is -2.13. The number of rotatable bonds is 6. The van der Waals surface area contributed by atoms with Crippen LogP contribution in [0.25, 0.3) is 11.3 Å². The first-order valence-corrected chi connectivity index (χ1v) is 10.4. The summed E-state index contributed by atoms with van der Waals surface area (Å²) in [5, 5.41) is 3.24. The van der Waals surface area contributed by atoms with Crippen molar-refractivity contribution in [2.75, 3.05) is 5.32 Å². The van der Waals surface area contributed by atoms with Crippen LogP contribution in [-0.4, -0.2) is 17.4 Å². The van der Waals surface area contributed by atoms with Gasteiger partial charge in [-0.15, -0.1) is 0 Å². The highest BCUT2D eigenvalue weighted by Gasteiger charge is 2.23. The highest BCUT2D eigenvalue weighted by Crippen LogP contribution is 2.29. The Hall–Kier alpha value is -3.45. The normalized spacial score (nSPS) is 11.3. The topological polar surface area (TPSA) is 64.0 Å². The van der Waals surface area contributed by atoms with E-state index in [1.807, 2.05) is 30.3 Å². The van der Waals surface area contributed by atoms with Gasteiger partial charge in [0.15, 0.2) is 0 Å². The monoisotopic (exact) mass is 407 g/mol. The van der Waals surface area contributed by atoms with Crippen LogP contribution in [-0.2, 0) is 16.6 Å². The SMILES string of the molecule is O=S(=O)(c1cccnc1)n1cc(CNc2ccccc2)cc1-c1ccccc1F. The Bertz CT molecular complexity index is 1220. The molecular weight excluding hydrogens is 389 g/mol. The van der Waals surface area contributed by atoms with E-state index in [-0.39, 0.29) is 16.2 Å². The van der Waals surface area contributed by atoms with Crippen LogP contribution in [0, 0.1) is 5.82 Å². The summed E-state index contributed by atoms with van der Waals surface area (Å²) in [5.41, 5.74) is 2.09. The number of para-hydroxylation sites is 1. The molecular formula is C22H18FN3O2S. The number of hydrogen-bond donors (Lipinski definition) is 1. The van der Waals surface area contributed by atoms with E-state index in [1.165, 1.54) is 30.7 Å². The Labute approximate surface area is 168 Å². The van der Waals surface area contributed by atoms with Gasteiger partial charge in [-0.1, -0.05) is 30.3 Å². The Balaban J connectivity index is 1.78. The van der Waals surface area contributed by atoms with Crippen LogP contribution >= 0.6 is 0 Å². The van der Waals surface area contributed by atoms with Crippen LogP contribution in [0.5, 0.6) is 0 Å². The van der Waals surface area contributed by atoms with Crippen LogP contribution in [0.1, 0.15) is 5.56 Å². The Morgan fingerprint density at radius 3 is 2.45 bits per heavy atom. The zero-order valence-electron chi connectivity index (χ0n) is 15.4. The molecule has 0 aliphatic heterocycles. The van der Waals surface area contributed by atoms with E-state index < -0.39 is 15.8 Å². The van der Waals surface area contributed by atoms with Crippen LogP contribution in [0.3, 0.4) is 0 Å². The lowest BCUT2D eigenvalue weighted by molar-refractivity contribution is 0.587. The molecule has 0 spiro atoms. The van der Waals surface area contributed by atoms with Gasteiger partial charge < -0.3 is 5.32 Å². The van der Waals surface area contributed by atoms with E-state index in [1.54, 1.807) is 30.3 Å². The number of nitrogens with one attached hydrogen (secondary N) is 1. The summed E-state index contributed by atoms with van der Waals surface area (Å²) in [6.07, 6.45) is 4.30. The third-order valence-electron chi connectivity index (χ3n) is 4.45. The van der Waals surface area contributed by atoms with Crippen molar-refractivity contribution < 1.29 is 12.8 Å². The minimum atomic E-state index is -3.94. The number of anilines is 1. The van der Waals surface area contributed by atoms with Gasteiger partial charge in [-0.3, -0.25) is 4.98 Å². The molecule has 4 aromatic rings. The molecule has 0 saturated carbocycles. The molecule has 29 heavy (non-hydrogen) atoms. The van der Waals surface area contributed by atoms with Gasteiger partial charge in [-0.25, -0.2) is 16.8 Å². The minimum Gasteiger partial charge on any atom is -0.381 e. The molecule has 5 nitrogen and oxygen atoms in total. The molecule has 0 unspecified atom stereocenters. The molecule has 0 bridgehead atoms. The maximum atomic E-state index is 14.5. The maximum Gasteiger partial charge on any atom is 0.269 e. The zero-order valence-corrected chi connectivity index (χ0v) is 16.2. The molecule has 4 rings (SSSR count). The molecule has 0 aliphatic rings. The molecule has 7 heteroatoms. The van der Waals surface area contributed by atoms with Gasteiger partial charge in [-0.2, -0.15) is 0 Å². The third kappa shape index (κ3) is 3.90. The lowest BCUT2D eigenvalue weighted by atomic mass is 10.1. The summed E-state index contributed by atoms with van der Waals surface area (Å²) < 4.78 is 42.0. The fourth-order valence-electron chi connectivity index (χ4n) is 3.03. The molecule has 0 saturated heterocycles. The second-order valence-corrected chi connectivity index (χ2v) is 8.24. The maximum absolute atomic E-state index is 14.5. The van der Waals surface area contributed by atoms with Crippen molar-refractivity contribution in [3.8, 4) is 11.3 Å². The number of aromatic nitrogens is 2. The first-order valence-electron chi connectivity index (χ1n) is 8.96. The summed E-state index contributed by atoms with van der Waals surface area (Å²) in [6, 6.07) is 20.4. The zero-order chi connectivity index (χ0) is 20.3. The van der Waals surface area contributed by atoms with Gasteiger partial charge >= 0.3 is 0 Å². The molecule has 0 fully saturated rings. The summed E-state index contributed by atoms with van der Waals surface area (Å²) >= 11 is 0. The summed E-state index contributed by atoms with van der Waals surface area (Å²) in [4.78, 5) is 3.94. The minimum absolute atomic E-state index is 0.0377. The fourth-order valence-corrected chi connectivity index (χ4v) is 4.39. The number of nitrogens with zero attached hydrogens (tertiary/aromatic N) is 2. The van der Waals surface area contributed by atoms with Gasteiger partial charge in [0.1, 0.15) is 10.7 Å². The van der Waals surface area contributed by atoms with Crippen molar-refractivity contribution in [2.45, 2.75) is 11.4 Å². The van der Waals surface area contributed by atoms with E-state index in [0.29, 0.717) is 12.1 Å². The average Bonchev–Trinajstić information content (AvgIpc) is 3.19. The van der Waals surface area contributed by atoms with Crippen molar-refractivity contribution in [3.63, 3.8) is 0 Å². The smallest absolute Gasteiger partial charge is 0.269 e. The number of pyridine rings is 1. The van der Waals surface area contributed by atoms with Crippen molar-refractivity contribution >= 4 is 15.7 Å². The van der Waals surface area contributed by atoms with E-state index in [9.17, 15) is 12.8 Å². The van der Waals surface area contributed by atoms with Crippen molar-refractivity contribution in [1.82, 2.24) is 8.96 Å². The van der Waals surface area contributed by atoms with Crippen molar-refractivity contribution in [1.29, 1.82) is 0 Å². The van der Waals surface area contributed by atoms with Gasteiger partial charge in [0, 0.05) is 36.4 Å². The summed E-state index contributed by atoms with van der Waals surface area (Å²) in [6.45, 7) is 0.390. The second-order valence-electron chi connectivity index (χ2n) is 6.42. The summed E-state index contributed by atoms with van der Waals surface area (Å²) in [5.74, 6) is -0.490. The van der Waals surface area contributed by atoms with Crippen molar-refractivity contribution in [3.05, 3.63) is 103 Å². The van der Waals surface area contributed by atoms with Gasteiger partial charge in [0.2, 0.25) is 0 Å². The molecule has 2 aromatic heterocycles. The Morgan fingerprint density at radius 1 is 0.966 bits per heavy atom. The molecule has 0 amide bonds. The lowest BCUT2D eigenvalue weighted by Gasteiger charge is -2.11. The molecule has 0 atom stereocenters. The first-order chi connectivity index (χ1) is 14.1. The largest absolute Gasteiger partial charge is 0.381 e. The van der Waals surface area contributed by atoms with E-state index in [2.05, 4.69) is 10.3 Å². The highest BCUT2D eigenvalue weighted by molar-refractivity contribution is 7.90. The van der Waals surface area contributed by atoms with E-state index in [0.717, 1.165) is 9.66 Å². The predicted octanol–water partition coefficient (Wildman–Crippen LogP) is 4.54. The van der Waals surface area contributed by atoms with Gasteiger partial charge in [-0.05, 0) is 48.0 Å². The molecule has 1 N–H and O–H groups in total. The fraction of sp³-hybridized carbons (Fsp3) is 0.0455. The Kier molecular flexibility index (Phi) is 5.14. The molecule has 2 aromatic carbocycles. The van der Waals surface area contributed by atoms with E-state index in [4.69, 9.17) is 0 Å². The van der Waals surface area contributed by atoms with Gasteiger partial charge in [0.25, 0.3) is 10.0 Å². The van der Waals surface area contributed by atoms with Crippen LogP contribution in [0.4, 0.5) is 10.1 Å². The Morgan fingerprint density at radius 2 is 1.72 bits per heavy atom. The first kappa shape index (κ1) is 18.9.